The van der Waals surface area contributed by atoms with Gasteiger partial charge in [-0.3, -0.25) is 9.59 Å². The van der Waals surface area contributed by atoms with Crippen LogP contribution in [0, 0.1) is 0 Å². The third kappa shape index (κ3) is 3.20. The first kappa shape index (κ1) is 14.2. The van der Waals surface area contributed by atoms with Gasteiger partial charge in [-0.2, -0.15) is 0 Å². The number of hydrogen-bond acceptors (Lipinski definition) is 4. The van der Waals surface area contributed by atoms with Crippen LogP contribution in [0.5, 0.6) is 5.75 Å². The van der Waals surface area contributed by atoms with Crippen LogP contribution < -0.4 is 11.1 Å². The van der Waals surface area contributed by atoms with Crippen molar-refractivity contribution in [2.75, 3.05) is 18.8 Å². The summed E-state index contributed by atoms with van der Waals surface area (Å²) in [4.78, 5) is 25.1. The Kier molecular flexibility index (Phi) is 4.12. The normalized spacial score (nSPS) is 18.6. The van der Waals surface area contributed by atoms with Gasteiger partial charge >= 0.3 is 0 Å². The Morgan fingerprint density at radius 2 is 2.20 bits per heavy atom. The molecule has 1 atom stereocenters. The van der Waals surface area contributed by atoms with Crippen LogP contribution in [0.25, 0.3) is 0 Å². The molecule has 6 heteroatoms. The van der Waals surface area contributed by atoms with Gasteiger partial charge in [-0.1, -0.05) is 0 Å². The molecule has 0 spiro atoms. The van der Waals surface area contributed by atoms with E-state index < -0.39 is 0 Å². The van der Waals surface area contributed by atoms with Crippen LogP contribution in [0.1, 0.15) is 30.1 Å². The lowest BCUT2D eigenvalue weighted by molar-refractivity contribution is -0.120. The summed E-state index contributed by atoms with van der Waals surface area (Å²) in [5.41, 5.74) is 6.17. The molecule has 108 valence electrons. The van der Waals surface area contributed by atoms with Gasteiger partial charge in [-0.25, -0.2) is 0 Å². The number of benzene rings is 1. The zero-order valence-electron chi connectivity index (χ0n) is 11.4. The van der Waals surface area contributed by atoms with E-state index in [-0.39, 0.29) is 29.3 Å². The van der Waals surface area contributed by atoms with Gasteiger partial charge in [0.15, 0.2) is 0 Å². The second-order valence-corrected chi connectivity index (χ2v) is 5.06. The summed E-state index contributed by atoms with van der Waals surface area (Å²) in [7, 11) is 0. The summed E-state index contributed by atoms with van der Waals surface area (Å²) in [6.45, 7) is 2.61. The van der Waals surface area contributed by atoms with Crippen molar-refractivity contribution in [3.8, 4) is 5.75 Å². The van der Waals surface area contributed by atoms with Crippen LogP contribution >= 0.6 is 0 Å². The molecule has 1 fully saturated rings. The lowest BCUT2D eigenvalue weighted by Crippen LogP contribution is -2.49. The number of nitrogen functional groups attached to an aromatic ring is 1. The lowest BCUT2D eigenvalue weighted by atomic mass is 10.0. The van der Waals surface area contributed by atoms with E-state index in [4.69, 9.17) is 5.73 Å². The highest BCUT2D eigenvalue weighted by Gasteiger charge is 2.25. The van der Waals surface area contributed by atoms with E-state index in [1.54, 1.807) is 11.0 Å². The summed E-state index contributed by atoms with van der Waals surface area (Å²) in [5, 5.41) is 12.4. The average molecular weight is 277 g/mol. The summed E-state index contributed by atoms with van der Waals surface area (Å²) in [6, 6.07) is 4.48. The zero-order chi connectivity index (χ0) is 14.7. The van der Waals surface area contributed by atoms with Crippen molar-refractivity contribution < 1.29 is 14.7 Å². The smallest absolute Gasteiger partial charge is 0.254 e. The van der Waals surface area contributed by atoms with Crippen LogP contribution in [0.4, 0.5) is 5.69 Å². The number of likely N-dealkylation sites (tertiary alicyclic amines) is 1. The van der Waals surface area contributed by atoms with Gasteiger partial charge in [0.2, 0.25) is 5.91 Å². The van der Waals surface area contributed by atoms with Crippen molar-refractivity contribution in [1.82, 2.24) is 10.2 Å². The van der Waals surface area contributed by atoms with Crippen molar-refractivity contribution >= 4 is 17.5 Å². The van der Waals surface area contributed by atoms with Crippen LogP contribution in [-0.2, 0) is 4.79 Å². The highest BCUT2D eigenvalue weighted by molar-refractivity contribution is 5.95. The minimum absolute atomic E-state index is 0.00687. The number of nitrogens with one attached hydrogen (secondary N) is 1. The summed E-state index contributed by atoms with van der Waals surface area (Å²) in [6.07, 6.45) is 1.72. The molecule has 1 aromatic rings. The maximum Gasteiger partial charge on any atom is 0.254 e. The van der Waals surface area contributed by atoms with E-state index >= 15 is 0 Å². The highest BCUT2D eigenvalue weighted by atomic mass is 16.3. The van der Waals surface area contributed by atoms with Gasteiger partial charge < -0.3 is 21.1 Å². The number of rotatable bonds is 2. The Morgan fingerprint density at radius 1 is 1.45 bits per heavy atom. The van der Waals surface area contributed by atoms with Crippen LogP contribution in [0.3, 0.4) is 0 Å². The van der Waals surface area contributed by atoms with Crippen LogP contribution in [0.2, 0.25) is 0 Å². The first-order valence-electron chi connectivity index (χ1n) is 6.62. The molecule has 0 aromatic heterocycles. The van der Waals surface area contributed by atoms with Gasteiger partial charge in [0.25, 0.3) is 5.91 Å². The fraction of sp³-hybridized carbons (Fsp3) is 0.429. The summed E-state index contributed by atoms with van der Waals surface area (Å²) < 4.78 is 0. The van der Waals surface area contributed by atoms with Gasteiger partial charge in [0.1, 0.15) is 5.75 Å². The Labute approximate surface area is 117 Å². The van der Waals surface area contributed by atoms with E-state index in [1.807, 2.05) is 0 Å². The predicted molar refractivity (Wildman–Crippen MR) is 75.3 cm³/mol. The maximum atomic E-state index is 12.4. The minimum Gasteiger partial charge on any atom is -0.506 e. The Bertz CT molecular complexity index is 530. The van der Waals surface area contributed by atoms with Crippen LogP contribution in [-0.4, -0.2) is 41.0 Å². The zero-order valence-corrected chi connectivity index (χ0v) is 11.4. The molecular weight excluding hydrogens is 258 g/mol. The van der Waals surface area contributed by atoms with Gasteiger partial charge in [0, 0.05) is 31.6 Å². The SMILES string of the molecule is CC(=O)NC1CCCN(C(=O)c2ccc(N)c(O)c2)C1. The van der Waals surface area contributed by atoms with Gasteiger partial charge in [-0.15, -0.1) is 0 Å². The summed E-state index contributed by atoms with van der Waals surface area (Å²) >= 11 is 0. The van der Waals surface area contributed by atoms with Crippen molar-refractivity contribution in [3.05, 3.63) is 23.8 Å². The number of carbonyl (C=O) groups excluding carboxylic acids is 2. The fourth-order valence-corrected chi connectivity index (χ4v) is 2.43. The second kappa shape index (κ2) is 5.81. The predicted octanol–water partition coefficient (Wildman–Crippen LogP) is 0.715. The molecule has 1 heterocycles. The first-order chi connectivity index (χ1) is 9.47. The average Bonchev–Trinajstić information content (AvgIpc) is 2.40. The molecule has 0 saturated carbocycles. The number of nitrogens with two attached hydrogens (primary N) is 1. The molecule has 2 rings (SSSR count). The number of anilines is 1. The molecule has 1 aliphatic rings. The highest BCUT2D eigenvalue weighted by Crippen LogP contribution is 2.22. The molecule has 6 nitrogen and oxygen atoms in total. The monoisotopic (exact) mass is 277 g/mol. The van der Waals surface area contributed by atoms with Crippen LogP contribution in [0.15, 0.2) is 18.2 Å². The molecule has 1 unspecified atom stereocenters. The number of amides is 2. The van der Waals surface area contributed by atoms with Gasteiger partial charge in [0.05, 0.1) is 5.69 Å². The molecule has 0 aliphatic carbocycles. The maximum absolute atomic E-state index is 12.4. The Morgan fingerprint density at radius 3 is 2.85 bits per heavy atom. The molecule has 1 aromatic carbocycles. The van der Waals surface area contributed by atoms with Crippen molar-refractivity contribution in [3.63, 3.8) is 0 Å². The molecular formula is C14H19N3O3. The third-order valence-electron chi connectivity index (χ3n) is 3.39. The third-order valence-corrected chi connectivity index (χ3v) is 3.39. The molecule has 20 heavy (non-hydrogen) atoms. The van der Waals surface area contributed by atoms with E-state index in [9.17, 15) is 14.7 Å². The Hall–Kier alpha value is -2.24. The number of nitrogens with zero attached hydrogens (tertiary/aromatic N) is 1. The molecule has 1 aliphatic heterocycles. The second-order valence-electron chi connectivity index (χ2n) is 5.06. The Balaban J connectivity index is 2.08. The number of piperidine rings is 1. The number of phenols is 1. The topological polar surface area (TPSA) is 95.7 Å². The number of aromatic hydroxyl groups is 1. The van der Waals surface area contributed by atoms with Crippen molar-refractivity contribution in [2.24, 2.45) is 0 Å². The van der Waals surface area contributed by atoms with Crippen molar-refractivity contribution in [2.45, 2.75) is 25.8 Å². The molecule has 2 amide bonds. The standard InChI is InChI=1S/C14H19N3O3/c1-9(18)16-11-3-2-6-17(8-11)14(20)10-4-5-12(15)13(19)7-10/h4-5,7,11,19H,2-3,6,8,15H2,1H3,(H,16,18). The first-order valence-corrected chi connectivity index (χ1v) is 6.62. The molecule has 0 radical (unpaired) electrons. The lowest BCUT2D eigenvalue weighted by Gasteiger charge is -2.33. The van der Waals surface area contributed by atoms with Gasteiger partial charge in [-0.05, 0) is 31.0 Å². The fourth-order valence-electron chi connectivity index (χ4n) is 2.43. The number of carbonyl (C=O) groups is 2. The van der Waals surface area contributed by atoms with E-state index in [0.29, 0.717) is 18.7 Å². The largest absolute Gasteiger partial charge is 0.506 e. The number of hydrogen-bond donors (Lipinski definition) is 3. The number of phenolic OH excluding ortho intramolecular Hbond substituents is 1. The van der Waals surface area contributed by atoms with E-state index in [0.717, 1.165) is 12.8 Å². The minimum atomic E-state index is -0.157. The molecule has 0 bridgehead atoms. The quantitative estimate of drug-likeness (QED) is 0.548. The van der Waals surface area contributed by atoms with Crippen molar-refractivity contribution in [1.29, 1.82) is 0 Å². The summed E-state index contributed by atoms with van der Waals surface area (Å²) in [5.74, 6) is -0.337. The molecule has 4 N–H and O–H groups in total. The van der Waals surface area contributed by atoms with E-state index in [1.165, 1.54) is 19.1 Å². The molecule has 1 saturated heterocycles. The van der Waals surface area contributed by atoms with E-state index in [2.05, 4.69) is 5.32 Å².